The van der Waals surface area contributed by atoms with Gasteiger partial charge in [0, 0.05) is 16.9 Å². The van der Waals surface area contributed by atoms with Gasteiger partial charge in [-0.05, 0) is 46.6 Å². The van der Waals surface area contributed by atoms with Crippen LogP contribution in [0.4, 0.5) is 11.4 Å². The van der Waals surface area contributed by atoms with Crippen LogP contribution >= 0.6 is 15.9 Å². The van der Waals surface area contributed by atoms with Gasteiger partial charge < -0.3 is 5.43 Å². The van der Waals surface area contributed by atoms with E-state index in [-0.39, 0.29) is 10.6 Å². The third-order valence-corrected chi connectivity index (χ3v) is 4.68. The topological polar surface area (TPSA) is 97.1 Å². The highest BCUT2D eigenvalue weighted by molar-refractivity contribution is 9.10. The van der Waals surface area contributed by atoms with Crippen LogP contribution in [-0.2, 0) is 10.0 Å². The van der Waals surface area contributed by atoms with Crippen LogP contribution in [0.5, 0.6) is 0 Å². The van der Waals surface area contributed by atoms with Crippen molar-refractivity contribution < 1.29 is 8.42 Å². The minimum absolute atomic E-state index is 0.0177. The minimum atomic E-state index is -3.78. The highest BCUT2D eigenvalue weighted by Gasteiger charge is 2.19. The van der Waals surface area contributed by atoms with Crippen LogP contribution in [-0.4, -0.2) is 13.4 Å². The number of aryl methyl sites for hydroxylation is 1. The number of nitrogens with zero attached hydrogens (tertiary/aromatic N) is 1. The van der Waals surface area contributed by atoms with Crippen LogP contribution in [0, 0.1) is 6.92 Å². The van der Waals surface area contributed by atoms with Crippen LogP contribution in [0.25, 0.3) is 0 Å². The van der Waals surface area contributed by atoms with Crippen molar-refractivity contribution in [2.45, 2.75) is 11.8 Å². The fraction of sp³-hybridized carbons (Fsp3) is 0.0833. The Morgan fingerprint density at radius 1 is 1.25 bits per heavy atom. The number of anilines is 2. The first-order valence-corrected chi connectivity index (χ1v) is 7.91. The second-order valence-corrected chi connectivity index (χ2v) is 6.61. The number of sulfonamides is 1. The van der Waals surface area contributed by atoms with Crippen molar-refractivity contribution in [3.8, 4) is 0 Å². The molecule has 0 fully saturated rings. The summed E-state index contributed by atoms with van der Waals surface area (Å²) in [4.78, 5) is 3.80. The van der Waals surface area contributed by atoms with Gasteiger partial charge in [-0.25, -0.2) is 8.42 Å². The Balaban J connectivity index is 2.43. The monoisotopic (exact) mass is 356 g/mol. The summed E-state index contributed by atoms with van der Waals surface area (Å²) in [6.07, 6.45) is 2.69. The Morgan fingerprint density at radius 2 is 2.00 bits per heavy atom. The maximum absolute atomic E-state index is 12.4. The van der Waals surface area contributed by atoms with Crippen molar-refractivity contribution in [2.75, 3.05) is 10.1 Å². The number of pyridine rings is 1. The molecule has 106 valence electrons. The molecule has 0 aliphatic rings. The average Bonchev–Trinajstić information content (AvgIpc) is 2.42. The lowest BCUT2D eigenvalue weighted by Gasteiger charge is -2.12. The van der Waals surface area contributed by atoms with Crippen LogP contribution < -0.4 is 16.0 Å². The van der Waals surface area contributed by atoms with E-state index in [1.807, 2.05) is 13.0 Å². The molecule has 1 aromatic carbocycles. The molecule has 2 aromatic rings. The summed E-state index contributed by atoms with van der Waals surface area (Å²) < 4.78 is 27.9. The number of benzene rings is 1. The van der Waals surface area contributed by atoms with Gasteiger partial charge in [0.05, 0.1) is 11.4 Å². The molecule has 0 bridgehead atoms. The van der Waals surface area contributed by atoms with Crippen molar-refractivity contribution in [3.05, 3.63) is 46.7 Å². The molecule has 4 N–H and O–H groups in total. The van der Waals surface area contributed by atoms with Gasteiger partial charge in [-0.15, -0.1) is 0 Å². The first-order valence-electron chi connectivity index (χ1n) is 5.63. The Bertz CT molecular complexity index is 734. The zero-order valence-electron chi connectivity index (χ0n) is 10.6. The largest absolute Gasteiger partial charge is 0.323 e. The molecule has 0 spiro atoms. The van der Waals surface area contributed by atoms with Gasteiger partial charge in [-0.3, -0.25) is 15.5 Å². The Hall–Kier alpha value is -1.64. The summed E-state index contributed by atoms with van der Waals surface area (Å²) in [5, 5.41) is 0. The molecule has 0 radical (unpaired) electrons. The van der Waals surface area contributed by atoms with Crippen LogP contribution in [0.2, 0.25) is 0 Å². The summed E-state index contributed by atoms with van der Waals surface area (Å²) in [6, 6.07) is 6.87. The number of nitrogens with two attached hydrogens (primary N) is 1. The van der Waals surface area contributed by atoms with E-state index in [9.17, 15) is 8.42 Å². The van der Waals surface area contributed by atoms with Gasteiger partial charge in [-0.2, -0.15) is 0 Å². The zero-order valence-corrected chi connectivity index (χ0v) is 13.0. The van der Waals surface area contributed by atoms with E-state index >= 15 is 0 Å². The molecule has 8 heteroatoms. The molecular formula is C12H13BrN4O2S. The fourth-order valence-corrected chi connectivity index (χ4v) is 3.29. The van der Waals surface area contributed by atoms with Gasteiger partial charge in [0.1, 0.15) is 4.90 Å². The minimum Gasteiger partial charge on any atom is -0.323 e. The molecule has 0 amide bonds. The molecule has 0 saturated carbocycles. The number of rotatable bonds is 4. The molecule has 1 aromatic heterocycles. The third kappa shape index (κ3) is 3.09. The van der Waals surface area contributed by atoms with Crippen molar-refractivity contribution in [2.24, 2.45) is 5.84 Å². The van der Waals surface area contributed by atoms with E-state index in [0.717, 1.165) is 5.56 Å². The molecule has 0 unspecified atom stereocenters. The normalized spacial score (nSPS) is 11.2. The molecule has 0 atom stereocenters. The SMILES string of the molecule is Cc1ccc(Br)c(NS(=O)(=O)c2cnccc2NN)c1. The molecule has 2 rings (SSSR count). The van der Waals surface area contributed by atoms with E-state index < -0.39 is 10.0 Å². The van der Waals surface area contributed by atoms with Crippen molar-refractivity contribution >= 4 is 37.3 Å². The van der Waals surface area contributed by atoms with Gasteiger partial charge >= 0.3 is 0 Å². The molecule has 0 aliphatic carbocycles. The molecule has 0 aliphatic heterocycles. The molecule has 1 heterocycles. The fourth-order valence-electron chi connectivity index (χ4n) is 1.63. The average molecular weight is 357 g/mol. The number of hydrazine groups is 1. The number of halogens is 1. The number of aromatic nitrogens is 1. The predicted molar refractivity (Wildman–Crippen MR) is 81.7 cm³/mol. The second-order valence-electron chi connectivity index (χ2n) is 4.10. The quantitative estimate of drug-likeness (QED) is 0.576. The highest BCUT2D eigenvalue weighted by atomic mass is 79.9. The van der Waals surface area contributed by atoms with Crippen LogP contribution in [0.3, 0.4) is 0 Å². The Morgan fingerprint density at radius 3 is 2.70 bits per heavy atom. The zero-order chi connectivity index (χ0) is 14.8. The first-order chi connectivity index (χ1) is 9.44. The number of nitrogens with one attached hydrogen (secondary N) is 2. The van der Waals surface area contributed by atoms with E-state index in [2.05, 4.69) is 31.1 Å². The summed E-state index contributed by atoms with van der Waals surface area (Å²) in [7, 11) is -3.78. The summed E-state index contributed by atoms with van der Waals surface area (Å²) >= 11 is 3.31. The van der Waals surface area contributed by atoms with E-state index in [1.54, 1.807) is 12.1 Å². The lowest BCUT2D eigenvalue weighted by Crippen LogP contribution is -2.18. The molecule has 6 nitrogen and oxygen atoms in total. The molecule has 0 saturated heterocycles. The van der Waals surface area contributed by atoms with Gasteiger partial charge in [0.15, 0.2) is 0 Å². The first kappa shape index (κ1) is 14.8. The van der Waals surface area contributed by atoms with Crippen LogP contribution in [0.15, 0.2) is 46.0 Å². The van der Waals surface area contributed by atoms with Gasteiger partial charge in [0.2, 0.25) is 0 Å². The van der Waals surface area contributed by atoms with E-state index in [4.69, 9.17) is 5.84 Å². The Kier molecular flexibility index (Phi) is 4.26. The Labute approximate surface area is 125 Å². The predicted octanol–water partition coefficient (Wildman–Crippen LogP) is 2.24. The smallest absolute Gasteiger partial charge is 0.265 e. The lowest BCUT2D eigenvalue weighted by molar-refractivity contribution is 0.601. The maximum atomic E-state index is 12.4. The molecule has 20 heavy (non-hydrogen) atoms. The van der Waals surface area contributed by atoms with Crippen molar-refractivity contribution in [3.63, 3.8) is 0 Å². The van der Waals surface area contributed by atoms with Gasteiger partial charge in [-0.1, -0.05) is 6.07 Å². The second kappa shape index (κ2) is 5.78. The third-order valence-electron chi connectivity index (χ3n) is 2.60. The molecular weight excluding hydrogens is 344 g/mol. The van der Waals surface area contributed by atoms with E-state index in [0.29, 0.717) is 10.2 Å². The summed E-state index contributed by atoms with van der Waals surface area (Å²) in [6.45, 7) is 1.88. The summed E-state index contributed by atoms with van der Waals surface area (Å²) in [5.41, 5.74) is 4.01. The van der Waals surface area contributed by atoms with E-state index in [1.165, 1.54) is 18.5 Å². The highest BCUT2D eigenvalue weighted by Crippen LogP contribution is 2.27. The maximum Gasteiger partial charge on any atom is 0.265 e. The number of hydrogen-bond donors (Lipinski definition) is 3. The van der Waals surface area contributed by atoms with Crippen LogP contribution in [0.1, 0.15) is 5.56 Å². The van der Waals surface area contributed by atoms with Gasteiger partial charge in [0.25, 0.3) is 10.0 Å². The lowest BCUT2D eigenvalue weighted by atomic mass is 10.2. The standard InChI is InChI=1S/C12H13BrN4O2S/c1-8-2-3-9(13)11(6-8)17-20(18,19)12-7-15-5-4-10(12)16-14/h2-7,17H,14H2,1H3,(H,15,16). The summed E-state index contributed by atoms with van der Waals surface area (Å²) in [5.74, 6) is 5.32. The number of hydrogen-bond acceptors (Lipinski definition) is 5. The number of nitrogen functional groups attached to an aromatic ring is 1. The van der Waals surface area contributed by atoms with Crippen molar-refractivity contribution in [1.29, 1.82) is 0 Å². The van der Waals surface area contributed by atoms with Crippen molar-refractivity contribution in [1.82, 2.24) is 4.98 Å².